The number of hydrogen-bond acceptors (Lipinski definition) is 4. The zero-order valence-electron chi connectivity index (χ0n) is 13.9. The summed E-state index contributed by atoms with van der Waals surface area (Å²) in [6.45, 7) is 2.47. The smallest absolute Gasteiger partial charge is 0.303 e. The summed E-state index contributed by atoms with van der Waals surface area (Å²) >= 11 is 0. The summed E-state index contributed by atoms with van der Waals surface area (Å²) in [5, 5.41) is 8.69. The highest BCUT2D eigenvalue weighted by atomic mass is 32.2. The van der Waals surface area contributed by atoms with Crippen LogP contribution in [0.3, 0.4) is 0 Å². The van der Waals surface area contributed by atoms with E-state index >= 15 is 0 Å². The molecule has 2 rings (SSSR count). The van der Waals surface area contributed by atoms with Crippen LogP contribution in [-0.2, 0) is 21.2 Å². The summed E-state index contributed by atoms with van der Waals surface area (Å²) in [6, 6.07) is 13.0. The van der Waals surface area contributed by atoms with Crippen LogP contribution in [0.25, 0.3) is 0 Å². The summed E-state index contributed by atoms with van der Waals surface area (Å²) in [7, 11) is -3.76. The van der Waals surface area contributed by atoms with Crippen LogP contribution < -0.4 is 9.46 Å². The average molecular weight is 363 g/mol. The molecule has 25 heavy (non-hydrogen) atoms. The first-order chi connectivity index (χ1) is 11.9. The molecule has 0 spiro atoms. The summed E-state index contributed by atoms with van der Waals surface area (Å²) in [4.78, 5) is 10.7. The van der Waals surface area contributed by atoms with E-state index in [1.54, 1.807) is 36.4 Å². The van der Waals surface area contributed by atoms with Gasteiger partial charge in [0.25, 0.3) is 10.0 Å². The number of nitrogens with one attached hydrogen (secondary N) is 1. The fourth-order valence-corrected chi connectivity index (χ4v) is 3.25. The van der Waals surface area contributed by atoms with Crippen molar-refractivity contribution >= 4 is 21.7 Å². The lowest BCUT2D eigenvalue weighted by molar-refractivity contribution is -0.136. The molecule has 0 fully saturated rings. The van der Waals surface area contributed by atoms with Crippen LogP contribution in [0.15, 0.2) is 53.4 Å². The Bertz CT molecular complexity index is 816. The lowest BCUT2D eigenvalue weighted by Gasteiger charge is -2.13. The number of aliphatic carboxylic acids is 1. The number of sulfonamides is 1. The molecule has 2 aromatic carbocycles. The average Bonchev–Trinajstić information content (AvgIpc) is 2.59. The third kappa shape index (κ3) is 5.49. The first-order valence-corrected chi connectivity index (χ1v) is 9.46. The normalized spacial score (nSPS) is 11.1. The number of carboxylic acid groups (broad SMARTS) is 1. The van der Waals surface area contributed by atoms with Crippen molar-refractivity contribution in [1.29, 1.82) is 0 Å². The number of hydrogen-bond donors (Lipinski definition) is 2. The summed E-state index contributed by atoms with van der Waals surface area (Å²) in [5.41, 5.74) is 1.15. The largest absolute Gasteiger partial charge is 0.491 e. The van der Waals surface area contributed by atoms with E-state index in [-0.39, 0.29) is 11.3 Å². The Morgan fingerprint density at radius 3 is 2.44 bits per heavy atom. The van der Waals surface area contributed by atoms with Gasteiger partial charge in [-0.05, 0) is 42.7 Å². The minimum Gasteiger partial charge on any atom is -0.491 e. The highest BCUT2D eigenvalue weighted by molar-refractivity contribution is 7.92. The maximum Gasteiger partial charge on any atom is 0.303 e. The number of ether oxygens (including phenoxy) is 1. The van der Waals surface area contributed by atoms with Crippen molar-refractivity contribution in [3.63, 3.8) is 0 Å². The number of carbonyl (C=O) groups is 1. The van der Waals surface area contributed by atoms with Crippen molar-refractivity contribution in [2.45, 2.75) is 31.1 Å². The lowest BCUT2D eigenvalue weighted by atomic mass is 10.1. The van der Waals surface area contributed by atoms with Gasteiger partial charge in [0.05, 0.1) is 17.2 Å². The van der Waals surface area contributed by atoms with Gasteiger partial charge in [-0.25, -0.2) is 8.42 Å². The van der Waals surface area contributed by atoms with Crippen molar-refractivity contribution in [2.24, 2.45) is 0 Å². The van der Waals surface area contributed by atoms with E-state index in [0.717, 1.165) is 12.0 Å². The number of benzene rings is 2. The number of carboxylic acids is 1. The predicted molar refractivity (Wildman–Crippen MR) is 95.4 cm³/mol. The van der Waals surface area contributed by atoms with Crippen molar-refractivity contribution < 1.29 is 23.1 Å². The molecular formula is C18H21NO5S. The fraction of sp³-hybridized carbons (Fsp3) is 0.278. The van der Waals surface area contributed by atoms with Gasteiger partial charge >= 0.3 is 5.97 Å². The molecule has 0 aliphatic carbocycles. The van der Waals surface area contributed by atoms with Gasteiger partial charge in [0.2, 0.25) is 0 Å². The van der Waals surface area contributed by atoms with Crippen molar-refractivity contribution in [3.8, 4) is 5.75 Å². The van der Waals surface area contributed by atoms with E-state index in [0.29, 0.717) is 24.5 Å². The summed E-state index contributed by atoms with van der Waals surface area (Å²) in [6.07, 6.45) is 1.18. The number of para-hydroxylation sites is 2. The van der Waals surface area contributed by atoms with E-state index < -0.39 is 16.0 Å². The molecular weight excluding hydrogens is 342 g/mol. The van der Waals surface area contributed by atoms with Crippen LogP contribution in [-0.4, -0.2) is 26.1 Å². The number of anilines is 1. The second-order valence-electron chi connectivity index (χ2n) is 5.49. The Labute approximate surface area is 147 Å². The number of aryl methyl sites for hydroxylation is 1. The van der Waals surface area contributed by atoms with Gasteiger partial charge in [0, 0.05) is 6.42 Å². The van der Waals surface area contributed by atoms with Gasteiger partial charge in [-0.2, -0.15) is 0 Å². The quantitative estimate of drug-likeness (QED) is 0.713. The minimum absolute atomic E-state index is 0.00644. The molecule has 0 saturated carbocycles. The second-order valence-corrected chi connectivity index (χ2v) is 7.17. The standard InChI is InChI=1S/C18H21NO5S/c1-2-13-24-17-6-4-3-5-16(17)19-25(22,23)15-10-7-14(8-11-15)9-12-18(20)21/h3-8,10-11,19H,2,9,12-13H2,1H3,(H,20,21). The molecule has 0 amide bonds. The van der Waals surface area contributed by atoms with E-state index in [9.17, 15) is 13.2 Å². The molecule has 2 aromatic rings. The van der Waals surface area contributed by atoms with Crippen molar-refractivity contribution in [3.05, 3.63) is 54.1 Å². The van der Waals surface area contributed by atoms with E-state index in [1.807, 2.05) is 6.92 Å². The van der Waals surface area contributed by atoms with E-state index in [2.05, 4.69) is 4.72 Å². The first-order valence-electron chi connectivity index (χ1n) is 7.98. The molecule has 7 heteroatoms. The molecule has 0 aromatic heterocycles. The van der Waals surface area contributed by atoms with Gasteiger partial charge in [0.15, 0.2) is 0 Å². The van der Waals surface area contributed by atoms with Crippen molar-refractivity contribution in [1.82, 2.24) is 0 Å². The maximum atomic E-state index is 12.5. The Kier molecular flexibility index (Phi) is 6.41. The summed E-state index contributed by atoms with van der Waals surface area (Å²) in [5.74, 6) is -0.409. The van der Waals surface area contributed by atoms with Crippen LogP contribution in [0.1, 0.15) is 25.3 Å². The Balaban J connectivity index is 2.15. The Morgan fingerprint density at radius 2 is 1.80 bits per heavy atom. The Hall–Kier alpha value is -2.54. The number of rotatable bonds is 9. The molecule has 0 radical (unpaired) electrons. The third-order valence-corrected chi connectivity index (χ3v) is 4.84. The third-order valence-electron chi connectivity index (χ3n) is 3.45. The molecule has 2 N–H and O–H groups in total. The maximum absolute atomic E-state index is 12.5. The molecule has 0 unspecified atom stereocenters. The lowest BCUT2D eigenvalue weighted by Crippen LogP contribution is -2.14. The SMILES string of the molecule is CCCOc1ccccc1NS(=O)(=O)c1ccc(CCC(=O)O)cc1. The first kappa shape index (κ1) is 18.8. The Morgan fingerprint density at radius 1 is 1.12 bits per heavy atom. The van der Waals surface area contributed by atoms with Crippen LogP contribution in [0.5, 0.6) is 5.75 Å². The molecule has 134 valence electrons. The van der Waals surface area contributed by atoms with Crippen LogP contribution in [0.2, 0.25) is 0 Å². The minimum atomic E-state index is -3.76. The monoisotopic (exact) mass is 363 g/mol. The highest BCUT2D eigenvalue weighted by Crippen LogP contribution is 2.26. The zero-order chi connectivity index (χ0) is 18.3. The van der Waals surface area contributed by atoms with Gasteiger partial charge in [-0.1, -0.05) is 31.2 Å². The zero-order valence-corrected chi connectivity index (χ0v) is 14.8. The van der Waals surface area contributed by atoms with Crippen LogP contribution in [0.4, 0.5) is 5.69 Å². The topological polar surface area (TPSA) is 92.7 Å². The molecule has 0 bridgehead atoms. The fourth-order valence-electron chi connectivity index (χ4n) is 2.18. The van der Waals surface area contributed by atoms with E-state index in [1.165, 1.54) is 12.1 Å². The van der Waals surface area contributed by atoms with Gasteiger partial charge in [-0.3, -0.25) is 9.52 Å². The molecule has 6 nitrogen and oxygen atoms in total. The molecule has 0 heterocycles. The van der Waals surface area contributed by atoms with Gasteiger partial charge in [0.1, 0.15) is 5.75 Å². The van der Waals surface area contributed by atoms with Gasteiger partial charge in [-0.15, -0.1) is 0 Å². The van der Waals surface area contributed by atoms with Crippen molar-refractivity contribution in [2.75, 3.05) is 11.3 Å². The van der Waals surface area contributed by atoms with Gasteiger partial charge < -0.3 is 9.84 Å². The van der Waals surface area contributed by atoms with E-state index in [4.69, 9.17) is 9.84 Å². The van der Waals surface area contributed by atoms with Crippen LogP contribution >= 0.6 is 0 Å². The highest BCUT2D eigenvalue weighted by Gasteiger charge is 2.16. The summed E-state index contributed by atoms with van der Waals surface area (Å²) < 4.78 is 33.2. The molecule has 0 aliphatic rings. The molecule has 0 atom stereocenters. The predicted octanol–water partition coefficient (Wildman–Crippen LogP) is 3.29. The molecule has 0 aliphatic heterocycles. The molecule has 0 saturated heterocycles. The van der Waals surface area contributed by atoms with Crippen LogP contribution in [0, 0.1) is 0 Å². The second kappa shape index (κ2) is 8.53.